The van der Waals surface area contributed by atoms with E-state index in [2.05, 4.69) is 29.1 Å². The van der Waals surface area contributed by atoms with Crippen molar-refractivity contribution in [1.82, 2.24) is 4.98 Å². The van der Waals surface area contributed by atoms with E-state index in [-0.39, 0.29) is 11.6 Å². The van der Waals surface area contributed by atoms with Crippen molar-refractivity contribution in [3.63, 3.8) is 0 Å². The van der Waals surface area contributed by atoms with Crippen LogP contribution >= 0.6 is 0 Å². The van der Waals surface area contributed by atoms with Gasteiger partial charge in [-0.1, -0.05) is 13.8 Å². The van der Waals surface area contributed by atoms with E-state index in [1.165, 1.54) is 18.3 Å². The summed E-state index contributed by atoms with van der Waals surface area (Å²) in [5.74, 6) is 1.27. The van der Waals surface area contributed by atoms with Crippen molar-refractivity contribution in [3.8, 4) is 0 Å². The Bertz CT molecular complexity index is 428. The summed E-state index contributed by atoms with van der Waals surface area (Å²) in [6, 6.07) is 2.85. The highest BCUT2D eigenvalue weighted by Gasteiger charge is 2.05. The van der Waals surface area contributed by atoms with Crippen LogP contribution < -0.4 is 11.1 Å². The number of nitrogens with one attached hydrogen (secondary N) is 1. The summed E-state index contributed by atoms with van der Waals surface area (Å²) >= 11 is 0. The topological polar surface area (TPSA) is 106 Å². The molecule has 0 amide bonds. The standard InChI is InChI=1S/C11H17N5O2/c1-8(2)5-6-13-11(12)15-10-4-3-9(7-14-10)16(17)18/h3-4,7-8H,5-6H2,1-2H3,(H3,12,13,14,15). The number of aliphatic imine (C=N–C) groups is 1. The van der Waals surface area contributed by atoms with Gasteiger partial charge in [0.1, 0.15) is 12.0 Å². The van der Waals surface area contributed by atoms with Crippen LogP contribution in [0.1, 0.15) is 20.3 Å². The van der Waals surface area contributed by atoms with Crippen molar-refractivity contribution in [3.05, 3.63) is 28.4 Å². The Morgan fingerprint density at radius 2 is 2.33 bits per heavy atom. The highest BCUT2D eigenvalue weighted by Crippen LogP contribution is 2.11. The van der Waals surface area contributed by atoms with Gasteiger partial charge in [-0.05, 0) is 18.4 Å². The quantitative estimate of drug-likeness (QED) is 0.359. The first-order valence-corrected chi connectivity index (χ1v) is 5.66. The summed E-state index contributed by atoms with van der Waals surface area (Å²) in [5, 5.41) is 13.2. The molecule has 7 nitrogen and oxygen atoms in total. The van der Waals surface area contributed by atoms with Gasteiger partial charge < -0.3 is 11.1 Å². The molecule has 1 aromatic heterocycles. The molecule has 0 aliphatic carbocycles. The lowest BCUT2D eigenvalue weighted by atomic mass is 10.1. The summed E-state index contributed by atoms with van der Waals surface area (Å²) in [5.41, 5.74) is 5.60. The number of pyridine rings is 1. The third kappa shape index (κ3) is 4.77. The van der Waals surface area contributed by atoms with Crippen molar-refractivity contribution in [2.75, 3.05) is 11.9 Å². The van der Waals surface area contributed by atoms with Crippen molar-refractivity contribution < 1.29 is 4.92 Å². The maximum Gasteiger partial charge on any atom is 0.287 e. The maximum absolute atomic E-state index is 10.4. The molecule has 0 aliphatic rings. The van der Waals surface area contributed by atoms with E-state index in [9.17, 15) is 10.1 Å². The number of nitro groups is 1. The van der Waals surface area contributed by atoms with Crippen LogP contribution in [0.25, 0.3) is 0 Å². The second-order valence-electron chi connectivity index (χ2n) is 4.23. The number of guanidine groups is 1. The molecule has 7 heteroatoms. The number of aromatic nitrogens is 1. The monoisotopic (exact) mass is 251 g/mol. The molecule has 1 aromatic rings. The van der Waals surface area contributed by atoms with Gasteiger partial charge in [0, 0.05) is 12.6 Å². The second kappa shape index (κ2) is 6.53. The molecule has 0 fully saturated rings. The maximum atomic E-state index is 10.4. The third-order valence-corrected chi connectivity index (χ3v) is 2.20. The summed E-state index contributed by atoms with van der Waals surface area (Å²) < 4.78 is 0. The molecule has 0 bridgehead atoms. The lowest BCUT2D eigenvalue weighted by Gasteiger charge is -2.05. The summed E-state index contributed by atoms with van der Waals surface area (Å²) in [6.45, 7) is 4.86. The van der Waals surface area contributed by atoms with E-state index in [0.29, 0.717) is 18.3 Å². The SMILES string of the molecule is CC(C)CCN=C(N)Nc1ccc([N+](=O)[O-])cn1. The zero-order valence-electron chi connectivity index (χ0n) is 10.5. The number of rotatable bonds is 5. The van der Waals surface area contributed by atoms with E-state index in [4.69, 9.17) is 5.73 Å². The fraction of sp³-hybridized carbons (Fsp3) is 0.455. The first kappa shape index (κ1) is 13.9. The molecule has 98 valence electrons. The van der Waals surface area contributed by atoms with Gasteiger partial charge in [-0.25, -0.2) is 4.98 Å². The minimum absolute atomic E-state index is 0.0594. The van der Waals surface area contributed by atoms with Crippen LogP contribution in [0.5, 0.6) is 0 Å². The average Bonchev–Trinajstić information content (AvgIpc) is 2.29. The van der Waals surface area contributed by atoms with Crippen molar-refractivity contribution in [2.45, 2.75) is 20.3 Å². The number of hydrogen-bond acceptors (Lipinski definition) is 4. The molecule has 18 heavy (non-hydrogen) atoms. The van der Waals surface area contributed by atoms with Gasteiger partial charge in [0.2, 0.25) is 0 Å². The summed E-state index contributed by atoms with van der Waals surface area (Å²) in [7, 11) is 0. The molecular formula is C11H17N5O2. The Hall–Kier alpha value is -2.18. The zero-order valence-corrected chi connectivity index (χ0v) is 10.5. The molecule has 0 saturated carbocycles. The fourth-order valence-electron chi connectivity index (χ4n) is 1.18. The van der Waals surface area contributed by atoms with Crippen LogP contribution in [0, 0.1) is 16.0 Å². The first-order valence-electron chi connectivity index (χ1n) is 5.66. The smallest absolute Gasteiger partial charge is 0.287 e. The lowest BCUT2D eigenvalue weighted by Crippen LogP contribution is -2.23. The van der Waals surface area contributed by atoms with Crippen molar-refractivity contribution in [2.24, 2.45) is 16.6 Å². The van der Waals surface area contributed by atoms with E-state index in [1.54, 1.807) is 0 Å². The summed E-state index contributed by atoms with van der Waals surface area (Å²) in [4.78, 5) is 17.9. The van der Waals surface area contributed by atoms with Crippen molar-refractivity contribution in [1.29, 1.82) is 0 Å². The largest absolute Gasteiger partial charge is 0.370 e. The van der Waals surface area contributed by atoms with Crippen LogP contribution in [0.15, 0.2) is 23.3 Å². The zero-order chi connectivity index (χ0) is 13.5. The van der Waals surface area contributed by atoms with Crippen LogP contribution in [-0.2, 0) is 0 Å². The predicted molar refractivity (Wildman–Crippen MR) is 70.5 cm³/mol. The molecular weight excluding hydrogens is 234 g/mol. The summed E-state index contributed by atoms with van der Waals surface area (Å²) in [6.07, 6.45) is 2.12. The van der Waals surface area contributed by atoms with Crippen LogP contribution in [-0.4, -0.2) is 22.4 Å². The van der Waals surface area contributed by atoms with Crippen LogP contribution in [0.3, 0.4) is 0 Å². The van der Waals surface area contributed by atoms with Crippen molar-refractivity contribution >= 4 is 17.5 Å². The minimum Gasteiger partial charge on any atom is -0.370 e. The van der Waals surface area contributed by atoms with E-state index >= 15 is 0 Å². The van der Waals surface area contributed by atoms with E-state index in [0.717, 1.165) is 6.42 Å². The van der Waals surface area contributed by atoms with Crippen LogP contribution in [0.2, 0.25) is 0 Å². The van der Waals surface area contributed by atoms with Gasteiger partial charge in [0.15, 0.2) is 5.96 Å². The van der Waals surface area contributed by atoms with Gasteiger partial charge >= 0.3 is 0 Å². The Kier molecular flexibility index (Phi) is 5.04. The van der Waals surface area contributed by atoms with Gasteiger partial charge in [-0.3, -0.25) is 15.1 Å². The number of nitrogens with two attached hydrogens (primary N) is 1. The Balaban J connectivity index is 2.53. The third-order valence-electron chi connectivity index (χ3n) is 2.20. The average molecular weight is 251 g/mol. The van der Waals surface area contributed by atoms with Gasteiger partial charge in [0.05, 0.1) is 4.92 Å². The first-order chi connectivity index (χ1) is 8.49. The highest BCUT2D eigenvalue weighted by atomic mass is 16.6. The normalized spacial score (nSPS) is 11.6. The molecule has 1 heterocycles. The van der Waals surface area contributed by atoms with E-state index in [1.807, 2.05) is 0 Å². The molecule has 0 saturated heterocycles. The molecule has 0 radical (unpaired) electrons. The van der Waals surface area contributed by atoms with Crippen LogP contribution in [0.4, 0.5) is 11.5 Å². The molecule has 0 unspecified atom stereocenters. The molecule has 3 N–H and O–H groups in total. The van der Waals surface area contributed by atoms with Gasteiger partial charge in [0.25, 0.3) is 5.69 Å². The van der Waals surface area contributed by atoms with Gasteiger partial charge in [-0.2, -0.15) is 0 Å². The Morgan fingerprint density at radius 1 is 1.61 bits per heavy atom. The van der Waals surface area contributed by atoms with E-state index < -0.39 is 4.92 Å². The number of hydrogen-bond donors (Lipinski definition) is 2. The molecule has 1 rings (SSSR count). The molecule has 0 aliphatic heterocycles. The fourth-order valence-corrected chi connectivity index (χ4v) is 1.18. The molecule has 0 spiro atoms. The lowest BCUT2D eigenvalue weighted by molar-refractivity contribution is -0.385. The molecule has 0 aromatic carbocycles. The predicted octanol–water partition coefficient (Wildman–Crippen LogP) is 1.76. The molecule has 0 atom stereocenters. The highest BCUT2D eigenvalue weighted by molar-refractivity contribution is 5.91. The minimum atomic E-state index is -0.503. The number of anilines is 1. The Morgan fingerprint density at radius 3 is 2.83 bits per heavy atom. The second-order valence-corrected chi connectivity index (χ2v) is 4.23. The Labute approximate surface area is 105 Å². The van der Waals surface area contributed by atoms with Gasteiger partial charge in [-0.15, -0.1) is 0 Å². The number of nitrogens with zero attached hydrogens (tertiary/aromatic N) is 3.